The second kappa shape index (κ2) is 8.23. The maximum Gasteiger partial charge on any atom is 0.269 e. The number of nitro benzene ring substituents is 1. The molecule has 1 aliphatic rings. The Kier molecular flexibility index (Phi) is 5.76. The first-order valence-corrected chi connectivity index (χ1v) is 9.73. The summed E-state index contributed by atoms with van der Waals surface area (Å²) in [5.41, 5.74) is 0.617. The summed E-state index contributed by atoms with van der Waals surface area (Å²) >= 11 is 0. The summed E-state index contributed by atoms with van der Waals surface area (Å²) < 4.78 is 37.1. The molecule has 0 atom stereocenters. The molecule has 28 heavy (non-hydrogen) atoms. The standard InChI is InChI=1S/C17H17N3O7S/c21-17(18-10-12-1-6-15-16(9-12)27-11-26-15)7-8-19-28(24,25)14-4-2-13(3-5-14)20(22)23/h1-6,9,19H,7-8,10-11H2,(H,18,21). The normalized spacial score (nSPS) is 12.6. The first-order chi connectivity index (χ1) is 13.3. The number of hydrogen-bond acceptors (Lipinski definition) is 7. The van der Waals surface area contributed by atoms with Crippen LogP contribution in [0.4, 0.5) is 5.69 Å². The van der Waals surface area contributed by atoms with Gasteiger partial charge < -0.3 is 14.8 Å². The summed E-state index contributed by atoms with van der Waals surface area (Å²) in [6.45, 7) is 0.330. The van der Waals surface area contributed by atoms with E-state index in [1.54, 1.807) is 18.2 Å². The van der Waals surface area contributed by atoms with Crippen LogP contribution in [0.15, 0.2) is 47.4 Å². The molecule has 0 saturated heterocycles. The van der Waals surface area contributed by atoms with Crippen LogP contribution in [0.25, 0.3) is 0 Å². The SMILES string of the molecule is O=C(CCNS(=O)(=O)c1ccc([N+](=O)[O-])cc1)NCc1ccc2c(c1)OCO2. The molecule has 0 saturated carbocycles. The van der Waals surface area contributed by atoms with E-state index in [0.717, 1.165) is 29.8 Å². The number of carbonyl (C=O) groups is 1. The Labute approximate surface area is 160 Å². The van der Waals surface area contributed by atoms with Gasteiger partial charge in [-0.2, -0.15) is 0 Å². The van der Waals surface area contributed by atoms with Crippen LogP contribution in [0.3, 0.4) is 0 Å². The molecule has 0 fully saturated rings. The topological polar surface area (TPSA) is 137 Å². The Morgan fingerprint density at radius 2 is 1.82 bits per heavy atom. The van der Waals surface area contributed by atoms with Crippen LogP contribution in [0.2, 0.25) is 0 Å². The summed E-state index contributed by atoms with van der Waals surface area (Å²) in [6, 6.07) is 9.80. The van der Waals surface area contributed by atoms with Crippen LogP contribution in [0, 0.1) is 10.1 Å². The lowest BCUT2D eigenvalue weighted by Crippen LogP contribution is -2.30. The van der Waals surface area contributed by atoms with E-state index in [4.69, 9.17) is 9.47 Å². The third-order valence-electron chi connectivity index (χ3n) is 3.93. The van der Waals surface area contributed by atoms with Gasteiger partial charge in [-0.05, 0) is 29.8 Å². The molecule has 0 unspecified atom stereocenters. The van der Waals surface area contributed by atoms with Crippen LogP contribution >= 0.6 is 0 Å². The van der Waals surface area contributed by atoms with Gasteiger partial charge in [0.15, 0.2) is 11.5 Å². The largest absolute Gasteiger partial charge is 0.454 e. The van der Waals surface area contributed by atoms with Gasteiger partial charge in [0.1, 0.15) is 0 Å². The molecule has 2 aromatic carbocycles. The lowest BCUT2D eigenvalue weighted by molar-refractivity contribution is -0.384. The first-order valence-electron chi connectivity index (χ1n) is 8.24. The summed E-state index contributed by atoms with van der Waals surface area (Å²) in [6.07, 6.45) is -0.0588. The Morgan fingerprint density at radius 1 is 1.11 bits per heavy atom. The fourth-order valence-electron chi connectivity index (χ4n) is 2.47. The highest BCUT2D eigenvalue weighted by Gasteiger charge is 2.16. The van der Waals surface area contributed by atoms with E-state index in [1.807, 2.05) is 0 Å². The van der Waals surface area contributed by atoms with E-state index in [2.05, 4.69) is 10.0 Å². The number of rotatable bonds is 8. The molecule has 0 aliphatic carbocycles. The van der Waals surface area contributed by atoms with Gasteiger partial charge in [-0.25, -0.2) is 13.1 Å². The zero-order valence-corrected chi connectivity index (χ0v) is 15.4. The summed E-state index contributed by atoms with van der Waals surface area (Å²) in [4.78, 5) is 21.8. The summed E-state index contributed by atoms with van der Waals surface area (Å²) in [7, 11) is -3.86. The average Bonchev–Trinajstić information content (AvgIpc) is 3.14. The van der Waals surface area contributed by atoms with Crippen molar-refractivity contribution >= 4 is 21.6 Å². The fourth-order valence-corrected chi connectivity index (χ4v) is 3.50. The molecule has 1 aliphatic heterocycles. The van der Waals surface area contributed by atoms with E-state index in [1.165, 1.54) is 0 Å². The fraction of sp³-hybridized carbons (Fsp3) is 0.235. The van der Waals surface area contributed by atoms with Gasteiger partial charge in [-0.15, -0.1) is 0 Å². The van der Waals surface area contributed by atoms with E-state index in [-0.39, 0.29) is 42.8 Å². The van der Waals surface area contributed by atoms with Gasteiger partial charge >= 0.3 is 0 Å². The van der Waals surface area contributed by atoms with Gasteiger partial charge in [-0.3, -0.25) is 14.9 Å². The Balaban J connectivity index is 1.46. The Morgan fingerprint density at radius 3 is 2.54 bits per heavy atom. The highest BCUT2D eigenvalue weighted by Crippen LogP contribution is 2.32. The number of ether oxygens (including phenoxy) is 2. The number of hydrogen-bond donors (Lipinski definition) is 2. The van der Waals surface area contributed by atoms with E-state index < -0.39 is 14.9 Å². The van der Waals surface area contributed by atoms with Gasteiger partial charge in [0.25, 0.3) is 5.69 Å². The summed E-state index contributed by atoms with van der Waals surface area (Å²) in [5, 5.41) is 13.3. The number of non-ortho nitro benzene ring substituents is 1. The number of carbonyl (C=O) groups excluding carboxylic acids is 1. The number of fused-ring (bicyclic) bond motifs is 1. The monoisotopic (exact) mass is 407 g/mol. The maximum atomic E-state index is 12.1. The number of sulfonamides is 1. The third-order valence-corrected chi connectivity index (χ3v) is 5.41. The maximum absolute atomic E-state index is 12.1. The van der Waals surface area contributed by atoms with Crippen molar-refractivity contribution < 1.29 is 27.6 Å². The second-order valence-corrected chi connectivity index (χ2v) is 7.63. The molecule has 1 heterocycles. The molecule has 11 heteroatoms. The average molecular weight is 407 g/mol. The molecule has 0 radical (unpaired) electrons. The molecule has 10 nitrogen and oxygen atoms in total. The predicted molar refractivity (Wildman–Crippen MR) is 97.3 cm³/mol. The van der Waals surface area contributed by atoms with Gasteiger partial charge in [0, 0.05) is 31.6 Å². The van der Waals surface area contributed by atoms with Crippen molar-refractivity contribution in [1.29, 1.82) is 0 Å². The number of amides is 1. The highest BCUT2D eigenvalue weighted by molar-refractivity contribution is 7.89. The number of benzene rings is 2. The zero-order chi connectivity index (χ0) is 20.1. The van der Waals surface area contributed by atoms with Crippen molar-refractivity contribution in [2.45, 2.75) is 17.9 Å². The molecule has 148 valence electrons. The van der Waals surface area contributed by atoms with E-state index >= 15 is 0 Å². The Bertz CT molecular complexity index is 990. The molecule has 3 rings (SSSR count). The molecular formula is C17H17N3O7S. The van der Waals surface area contributed by atoms with Crippen molar-refractivity contribution in [3.8, 4) is 11.5 Å². The van der Waals surface area contributed by atoms with Crippen molar-refractivity contribution in [2.24, 2.45) is 0 Å². The first kappa shape index (κ1) is 19.6. The zero-order valence-electron chi connectivity index (χ0n) is 14.6. The molecular weight excluding hydrogens is 390 g/mol. The quantitative estimate of drug-likeness (QED) is 0.497. The molecule has 0 spiro atoms. The predicted octanol–water partition coefficient (Wildman–Crippen LogP) is 1.31. The van der Waals surface area contributed by atoms with Crippen LogP contribution in [-0.4, -0.2) is 32.6 Å². The minimum Gasteiger partial charge on any atom is -0.454 e. The van der Waals surface area contributed by atoms with Gasteiger partial charge in [0.2, 0.25) is 22.7 Å². The molecule has 0 aromatic heterocycles. The van der Waals surface area contributed by atoms with Gasteiger partial charge in [0.05, 0.1) is 9.82 Å². The molecule has 2 aromatic rings. The smallest absolute Gasteiger partial charge is 0.269 e. The van der Waals surface area contributed by atoms with Crippen molar-refractivity contribution in [3.05, 3.63) is 58.1 Å². The van der Waals surface area contributed by atoms with Crippen molar-refractivity contribution in [3.63, 3.8) is 0 Å². The lowest BCUT2D eigenvalue weighted by atomic mass is 10.2. The van der Waals surface area contributed by atoms with Crippen LogP contribution < -0.4 is 19.5 Å². The number of nitrogens with one attached hydrogen (secondary N) is 2. The van der Waals surface area contributed by atoms with Gasteiger partial charge in [-0.1, -0.05) is 6.07 Å². The van der Waals surface area contributed by atoms with Crippen molar-refractivity contribution in [1.82, 2.24) is 10.0 Å². The minimum atomic E-state index is -3.86. The number of nitro groups is 1. The minimum absolute atomic E-state index is 0.0588. The second-order valence-electron chi connectivity index (χ2n) is 5.86. The lowest BCUT2D eigenvalue weighted by Gasteiger charge is -2.08. The Hall–Kier alpha value is -3.18. The molecule has 2 N–H and O–H groups in total. The van der Waals surface area contributed by atoms with Crippen LogP contribution in [0.5, 0.6) is 11.5 Å². The van der Waals surface area contributed by atoms with E-state index in [9.17, 15) is 23.3 Å². The summed E-state index contributed by atoms with van der Waals surface area (Å²) in [5.74, 6) is 0.933. The highest BCUT2D eigenvalue weighted by atomic mass is 32.2. The van der Waals surface area contributed by atoms with Crippen LogP contribution in [-0.2, 0) is 21.4 Å². The number of nitrogens with zero attached hydrogens (tertiary/aromatic N) is 1. The van der Waals surface area contributed by atoms with Crippen LogP contribution in [0.1, 0.15) is 12.0 Å². The third kappa shape index (κ3) is 4.75. The molecule has 1 amide bonds. The van der Waals surface area contributed by atoms with Crippen molar-refractivity contribution in [2.75, 3.05) is 13.3 Å². The van der Waals surface area contributed by atoms with E-state index in [0.29, 0.717) is 11.5 Å². The molecule has 0 bridgehead atoms.